The topological polar surface area (TPSA) is 73.9 Å². The molecule has 146 valence electrons. The van der Waals surface area contributed by atoms with E-state index in [4.69, 9.17) is 0 Å². The van der Waals surface area contributed by atoms with Crippen LogP contribution < -0.4 is 5.32 Å². The van der Waals surface area contributed by atoms with Gasteiger partial charge in [0.1, 0.15) is 5.82 Å². The lowest BCUT2D eigenvalue weighted by Gasteiger charge is -2.29. The molecule has 2 amide bonds. The van der Waals surface area contributed by atoms with Crippen LogP contribution in [0.1, 0.15) is 43.4 Å². The highest BCUT2D eigenvalue weighted by Crippen LogP contribution is 2.34. The Morgan fingerprint density at radius 3 is 2.67 bits per heavy atom. The van der Waals surface area contributed by atoms with Gasteiger partial charge < -0.3 is 10.2 Å². The summed E-state index contributed by atoms with van der Waals surface area (Å²) >= 11 is 0. The second-order valence-electron chi connectivity index (χ2n) is 7.03. The number of nitrogens with one attached hydrogen (secondary N) is 2. The van der Waals surface area contributed by atoms with Gasteiger partial charge in [-0.2, -0.15) is 13.2 Å². The molecular weight excluding hydrogens is 359 g/mol. The molecule has 0 spiro atoms. The fourth-order valence-electron chi connectivity index (χ4n) is 3.38. The van der Waals surface area contributed by atoms with E-state index in [1.165, 1.54) is 5.56 Å². The summed E-state index contributed by atoms with van der Waals surface area (Å²) in [6.07, 6.45) is -1.95. The number of urea groups is 1. The fourth-order valence-corrected chi connectivity index (χ4v) is 3.38. The molecule has 1 fully saturated rings. The molecule has 0 radical (unpaired) electrons. The molecule has 0 saturated carbocycles. The summed E-state index contributed by atoms with van der Waals surface area (Å²) in [4.78, 5) is 17.5. The summed E-state index contributed by atoms with van der Waals surface area (Å²) in [7, 11) is 0. The summed E-state index contributed by atoms with van der Waals surface area (Å²) < 4.78 is 37.5. The number of rotatable bonds is 3. The Hall–Kier alpha value is -2.58. The third kappa shape index (κ3) is 4.58. The fraction of sp³-hybridized carbons (Fsp3) is 0.500. The van der Waals surface area contributed by atoms with Gasteiger partial charge in [-0.25, -0.2) is 9.78 Å². The number of H-pyrrole nitrogens is 1. The van der Waals surface area contributed by atoms with Crippen LogP contribution in [0.5, 0.6) is 0 Å². The van der Waals surface area contributed by atoms with Gasteiger partial charge in [0.2, 0.25) is 0 Å². The van der Waals surface area contributed by atoms with E-state index in [-0.39, 0.29) is 23.8 Å². The number of aromatic nitrogens is 3. The number of aromatic amines is 1. The first-order valence-electron chi connectivity index (χ1n) is 8.85. The lowest BCUT2D eigenvalue weighted by Crippen LogP contribution is -2.40. The molecule has 1 aliphatic rings. The molecule has 9 heteroatoms. The quantitative estimate of drug-likeness (QED) is 0.855. The van der Waals surface area contributed by atoms with Crippen LogP contribution in [0.15, 0.2) is 30.3 Å². The predicted molar refractivity (Wildman–Crippen MR) is 92.8 cm³/mol. The molecule has 1 unspecified atom stereocenters. The van der Waals surface area contributed by atoms with Crippen molar-refractivity contribution >= 4 is 6.03 Å². The van der Waals surface area contributed by atoms with Gasteiger partial charge in [-0.1, -0.05) is 37.3 Å². The molecule has 1 atom stereocenters. The summed E-state index contributed by atoms with van der Waals surface area (Å²) in [5.41, 5.74) is 1.26. The zero-order chi connectivity index (χ0) is 19.5. The number of halogens is 3. The van der Waals surface area contributed by atoms with Gasteiger partial charge in [-0.15, -0.1) is 5.10 Å². The molecule has 3 rings (SSSR count). The minimum Gasteiger partial charge on any atom is -0.331 e. The predicted octanol–water partition coefficient (Wildman–Crippen LogP) is 3.48. The van der Waals surface area contributed by atoms with Crippen LogP contribution in [-0.2, 0) is 18.1 Å². The normalized spacial score (nSPS) is 21.0. The summed E-state index contributed by atoms with van der Waals surface area (Å²) in [6, 6.07) is 9.93. The first kappa shape index (κ1) is 19.2. The lowest BCUT2D eigenvalue weighted by atomic mass is 9.76. The summed E-state index contributed by atoms with van der Waals surface area (Å²) in [5.74, 6) is -1.26. The van der Waals surface area contributed by atoms with Crippen LogP contribution in [0.3, 0.4) is 0 Å². The Morgan fingerprint density at radius 2 is 2.00 bits per heavy atom. The average molecular weight is 381 g/mol. The molecule has 1 saturated heterocycles. The number of hydrogen-bond acceptors (Lipinski definition) is 3. The van der Waals surface area contributed by atoms with Gasteiger partial charge >= 0.3 is 12.2 Å². The number of hydrogen-bond donors (Lipinski definition) is 2. The maximum atomic E-state index is 12.5. The standard InChI is InChI=1S/C18H22F3N5O/c1-17(13-6-3-2-4-7-13)8-5-10-26(11-9-17)16(27)22-12-14-23-15(25-24-14)18(19,20)21/h2-4,6-7H,5,8-12H2,1H3,(H,22,27)(H,23,24,25). The number of likely N-dealkylation sites (tertiary alicyclic amines) is 1. The van der Waals surface area contributed by atoms with Crippen LogP contribution in [-0.4, -0.2) is 39.2 Å². The summed E-state index contributed by atoms with van der Waals surface area (Å²) in [6.45, 7) is 3.27. The van der Waals surface area contributed by atoms with Gasteiger partial charge in [0, 0.05) is 13.1 Å². The minimum absolute atomic E-state index is 0.00281. The van der Waals surface area contributed by atoms with Gasteiger partial charge in [0.25, 0.3) is 5.82 Å². The van der Waals surface area contributed by atoms with E-state index in [1.54, 1.807) is 4.90 Å². The van der Waals surface area contributed by atoms with E-state index >= 15 is 0 Å². The van der Waals surface area contributed by atoms with E-state index in [0.29, 0.717) is 13.1 Å². The van der Waals surface area contributed by atoms with E-state index in [1.807, 2.05) is 18.2 Å². The van der Waals surface area contributed by atoms with E-state index in [0.717, 1.165) is 19.3 Å². The van der Waals surface area contributed by atoms with Crippen LogP contribution in [0.25, 0.3) is 0 Å². The van der Waals surface area contributed by atoms with E-state index in [2.05, 4.69) is 39.6 Å². The van der Waals surface area contributed by atoms with E-state index in [9.17, 15) is 18.0 Å². The third-order valence-electron chi connectivity index (χ3n) is 5.04. The first-order valence-corrected chi connectivity index (χ1v) is 8.85. The van der Waals surface area contributed by atoms with Crippen molar-refractivity contribution in [2.75, 3.05) is 13.1 Å². The molecule has 1 aromatic carbocycles. The zero-order valence-electron chi connectivity index (χ0n) is 15.0. The van der Waals surface area contributed by atoms with Crippen molar-refractivity contribution in [2.24, 2.45) is 0 Å². The van der Waals surface area contributed by atoms with Crippen molar-refractivity contribution in [3.63, 3.8) is 0 Å². The van der Waals surface area contributed by atoms with Crippen molar-refractivity contribution in [3.05, 3.63) is 47.5 Å². The molecule has 2 heterocycles. The van der Waals surface area contributed by atoms with Gasteiger partial charge in [0.05, 0.1) is 6.54 Å². The molecule has 2 aromatic rings. The molecule has 2 N–H and O–H groups in total. The lowest BCUT2D eigenvalue weighted by molar-refractivity contribution is -0.144. The van der Waals surface area contributed by atoms with Gasteiger partial charge in [-0.05, 0) is 30.2 Å². The second kappa shape index (κ2) is 7.58. The van der Waals surface area contributed by atoms with Crippen LogP contribution in [0.4, 0.5) is 18.0 Å². The number of amides is 2. The van der Waals surface area contributed by atoms with Crippen molar-refractivity contribution < 1.29 is 18.0 Å². The van der Waals surface area contributed by atoms with Gasteiger partial charge in [0.15, 0.2) is 0 Å². The largest absolute Gasteiger partial charge is 0.453 e. The maximum Gasteiger partial charge on any atom is 0.453 e. The number of alkyl halides is 3. The Labute approximate surface area is 155 Å². The zero-order valence-corrected chi connectivity index (χ0v) is 15.0. The SMILES string of the molecule is CC1(c2ccccc2)CCCN(C(=O)NCc2nc(C(F)(F)F)n[nH]2)CC1. The Kier molecular flexibility index (Phi) is 5.38. The number of benzene rings is 1. The smallest absolute Gasteiger partial charge is 0.331 e. The summed E-state index contributed by atoms with van der Waals surface area (Å²) in [5, 5.41) is 7.94. The Balaban J connectivity index is 1.56. The average Bonchev–Trinajstić information content (AvgIpc) is 3.04. The molecule has 0 bridgehead atoms. The Bertz CT molecular complexity index is 777. The maximum absolute atomic E-state index is 12.5. The van der Waals surface area contributed by atoms with Crippen LogP contribution in [0.2, 0.25) is 0 Å². The molecule has 1 aliphatic heterocycles. The Morgan fingerprint density at radius 1 is 1.26 bits per heavy atom. The van der Waals surface area contributed by atoms with Crippen molar-refractivity contribution in [2.45, 2.75) is 44.3 Å². The van der Waals surface area contributed by atoms with Crippen molar-refractivity contribution in [1.29, 1.82) is 0 Å². The number of carbonyl (C=O) groups is 1. The highest BCUT2D eigenvalue weighted by molar-refractivity contribution is 5.74. The molecular formula is C18H22F3N5O. The van der Waals surface area contributed by atoms with Crippen molar-refractivity contribution in [3.8, 4) is 0 Å². The molecule has 0 aliphatic carbocycles. The van der Waals surface area contributed by atoms with Crippen LogP contribution in [0, 0.1) is 0 Å². The second-order valence-corrected chi connectivity index (χ2v) is 7.03. The monoisotopic (exact) mass is 381 g/mol. The van der Waals surface area contributed by atoms with E-state index < -0.39 is 12.0 Å². The molecule has 6 nitrogen and oxygen atoms in total. The first-order chi connectivity index (χ1) is 12.8. The molecule has 1 aromatic heterocycles. The third-order valence-corrected chi connectivity index (χ3v) is 5.04. The van der Waals surface area contributed by atoms with Gasteiger partial charge in [-0.3, -0.25) is 5.10 Å². The minimum atomic E-state index is -4.61. The highest BCUT2D eigenvalue weighted by atomic mass is 19.4. The molecule has 27 heavy (non-hydrogen) atoms. The highest BCUT2D eigenvalue weighted by Gasteiger charge is 2.36. The van der Waals surface area contributed by atoms with Crippen LogP contribution >= 0.6 is 0 Å². The number of nitrogens with zero attached hydrogens (tertiary/aromatic N) is 3. The van der Waals surface area contributed by atoms with Crippen molar-refractivity contribution in [1.82, 2.24) is 25.4 Å². The number of carbonyl (C=O) groups excluding carboxylic acids is 1.